The Morgan fingerprint density at radius 3 is 1.47 bits per heavy atom. The fraction of sp³-hybridized carbons (Fsp3) is 0.806. The maximum atomic E-state index is 5.94. The molecule has 0 bridgehead atoms. The van der Waals surface area contributed by atoms with Gasteiger partial charge in [0.2, 0.25) is 0 Å². The lowest BCUT2D eigenvalue weighted by molar-refractivity contribution is 0.0198. The normalized spacial score (nSPS) is 13.3. The van der Waals surface area contributed by atoms with Crippen molar-refractivity contribution in [1.29, 1.82) is 0 Å². The molecule has 0 aromatic carbocycles. The summed E-state index contributed by atoms with van der Waals surface area (Å²) in [4.78, 5) is 2.23. The highest BCUT2D eigenvalue weighted by Crippen LogP contribution is 2.07. The molecule has 0 saturated carbocycles. The van der Waals surface area contributed by atoms with Crippen LogP contribution in [0.5, 0.6) is 0 Å². The van der Waals surface area contributed by atoms with Crippen molar-refractivity contribution in [3.05, 3.63) is 36.5 Å². The van der Waals surface area contributed by atoms with E-state index in [-0.39, 0.29) is 0 Å². The number of likely N-dealkylation sites (N-methyl/N-ethyl adjacent to an activating group) is 1. The van der Waals surface area contributed by atoms with E-state index >= 15 is 0 Å². The first kappa shape index (κ1) is 33.1. The number of nitrogens with zero attached hydrogens (tertiary/aromatic N) is 1. The third-order valence-electron chi connectivity index (χ3n) is 6.17. The van der Waals surface area contributed by atoms with Crippen molar-refractivity contribution in [3.63, 3.8) is 0 Å². The smallest absolute Gasteiger partial charge is 0.0644 e. The second-order valence-corrected chi connectivity index (χ2v) is 9.77. The summed E-state index contributed by atoms with van der Waals surface area (Å²) >= 11 is 0. The van der Waals surface area contributed by atoms with Crippen molar-refractivity contribution >= 4 is 0 Å². The summed E-state index contributed by atoms with van der Waals surface area (Å²) in [7, 11) is 4.24. The van der Waals surface area contributed by atoms with E-state index in [9.17, 15) is 0 Å². The van der Waals surface area contributed by atoms with Crippen LogP contribution in [0.2, 0.25) is 0 Å². The summed E-state index contributed by atoms with van der Waals surface area (Å²) in [6, 6.07) is 0.354. The van der Waals surface area contributed by atoms with Crippen molar-refractivity contribution in [3.8, 4) is 0 Å². The SMILES string of the molecule is CCCCC/C=C\C/C=C\C/C=C\CCCCCOCC(COCCCCCCCC)N(C)C. The summed E-state index contributed by atoms with van der Waals surface area (Å²) < 4.78 is 11.9. The molecule has 0 amide bonds. The quantitative estimate of drug-likeness (QED) is 0.0916. The van der Waals surface area contributed by atoms with Crippen LogP contribution in [0.4, 0.5) is 0 Å². The number of rotatable bonds is 26. The van der Waals surface area contributed by atoms with Gasteiger partial charge in [0, 0.05) is 13.2 Å². The standard InChI is InChI=1S/C31H59NO2/c1-5-7-9-11-13-14-15-16-17-18-19-20-21-22-24-26-28-34-30-31(32(3)4)29-33-27-25-23-12-10-8-6-2/h13-14,16-17,19-20,31H,5-12,15,18,21-30H2,1-4H3/b14-13-,17-16-,20-19-. The molecule has 0 radical (unpaired) electrons. The summed E-state index contributed by atoms with van der Waals surface area (Å²) in [5.41, 5.74) is 0. The molecule has 3 heteroatoms. The molecule has 0 aromatic rings. The molecular weight excluding hydrogens is 418 g/mol. The van der Waals surface area contributed by atoms with Gasteiger partial charge in [-0.25, -0.2) is 0 Å². The van der Waals surface area contributed by atoms with Gasteiger partial charge in [-0.3, -0.25) is 0 Å². The van der Waals surface area contributed by atoms with Crippen LogP contribution in [-0.2, 0) is 9.47 Å². The lowest BCUT2D eigenvalue weighted by Gasteiger charge is -2.24. The molecule has 0 aliphatic carbocycles. The molecule has 34 heavy (non-hydrogen) atoms. The molecule has 0 aliphatic heterocycles. The minimum absolute atomic E-state index is 0.354. The van der Waals surface area contributed by atoms with Crippen LogP contribution in [0.1, 0.15) is 117 Å². The van der Waals surface area contributed by atoms with Crippen molar-refractivity contribution in [1.82, 2.24) is 4.90 Å². The summed E-state index contributed by atoms with van der Waals surface area (Å²) in [5.74, 6) is 0. The first-order valence-corrected chi connectivity index (χ1v) is 14.5. The molecule has 0 heterocycles. The fourth-order valence-corrected chi connectivity index (χ4v) is 3.70. The zero-order valence-corrected chi connectivity index (χ0v) is 23.4. The Morgan fingerprint density at radius 1 is 0.529 bits per heavy atom. The zero-order valence-electron chi connectivity index (χ0n) is 23.4. The van der Waals surface area contributed by atoms with E-state index in [2.05, 4.69) is 69.3 Å². The molecule has 0 N–H and O–H groups in total. The van der Waals surface area contributed by atoms with E-state index in [1.54, 1.807) is 0 Å². The third kappa shape index (κ3) is 25.7. The maximum absolute atomic E-state index is 5.94. The Morgan fingerprint density at radius 2 is 0.941 bits per heavy atom. The Labute approximate surface area is 214 Å². The van der Waals surface area contributed by atoms with Gasteiger partial charge in [-0.05, 0) is 65.5 Å². The largest absolute Gasteiger partial charge is 0.380 e. The van der Waals surface area contributed by atoms with Crippen molar-refractivity contribution < 1.29 is 9.47 Å². The number of unbranched alkanes of at least 4 members (excludes halogenated alkanes) is 11. The summed E-state index contributed by atoms with van der Waals surface area (Å²) in [5, 5.41) is 0. The van der Waals surface area contributed by atoms with Gasteiger partial charge in [-0.15, -0.1) is 0 Å². The minimum atomic E-state index is 0.354. The van der Waals surface area contributed by atoms with Gasteiger partial charge in [0.15, 0.2) is 0 Å². The van der Waals surface area contributed by atoms with E-state index in [0.29, 0.717) is 6.04 Å². The molecule has 0 fully saturated rings. The summed E-state index contributed by atoms with van der Waals surface area (Å²) in [6.45, 7) is 7.81. The monoisotopic (exact) mass is 477 g/mol. The Hall–Kier alpha value is -0.900. The molecule has 3 nitrogen and oxygen atoms in total. The van der Waals surface area contributed by atoms with Crippen LogP contribution in [0, 0.1) is 0 Å². The van der Waals surface area contributed by atoms with Gasteiger partial charge in [-0.1, -0.05) is 102 Å². The molecule has 0 rings (SSSR count). The van der Waals surface area contributed by atoms with Crippen LogP contribution in [0.25, 0.3) is 0 Å². The van der Waals surface area contributed by atoms with Crippen LogP contribution >= 0.6 is 0 Å². The molecule has 1 atom stereocenters. The average Bonchev–Trinajstić information content (AvgIpc) is 2.83. The number of hydrogen-bond donors (Lipinski definition) is 0. The zero-order chi connectivity index (χ0) is 25.0. The lowest BCUT2D eigenvalue weighted by atomic mass is 10.1. The molecule has 1 unspecified atom stereocenters. The minimum Gasteiger partial charge on any atom is -0.380 e. The molecule has 0 aliphatic rings. The second-order valence-electron chi connectivity index (χ2n) is 9.77. The van der Waals surface area contributed by atoms with Gasteiger partial charge in [0.1, 0.15) is 0 Å². The maximum Gasteiger partial charge on any atom is 0.0644 e. The Kier molecular flexibility index (Phi) is 27.6. The van der Waals surface area contributed by atoms with Crippen LogP contribution < -0.4 is 0 Å². The van der Waals surface area contributed by atoms with E-state index in [0.717, 1.165) is 45.7 Å². The molecular formula is C31H59NO2. The van der Waals surface area contributed by atoms with E-state index in [4.69, 9.17) is 9.47 Å². The van der Waals surface area contributed by atoms with Crippen molar-refractivity contribution in [2.24, 2.45) is 0 Å². The molecule has 0 saturated heterocycles. The Bertz CT molecular complexity index is 470. The van der Waals surface area contributed by atoms with Gasteiger partial charge >= 0.3 is 0 Å². The van der Waals surface area contributed by atoms with Crippen LogP contribution in [0.3, 0.4) is 0 Å². The Balaban J connectivity index is 3.53. The van der Waals surface area contributed by atoms with E-state index < -0.39 is 0 Å². The highest BCUT2D eigenvalue weighted by Gasteiger charge is 2.11. The van der Waals surface area contributed by atoms with Crippen molar-refractivity contribution in [2.75, 3.05) is 40.5 Å². The van der Waals surface area contributed by atoms with E-state index in [1.807, 2.05) is 0 Å². The lowest BCUT2D eigenvalue weighted by Crippen LogP contribution is -2.37. The van der Waals surface area contributed by atoms with Crippen molar-refractivity contribution in [2.45, 2.75) is 123 Å². The van der Waals surface area contributed by atoms with Gasteiger partial charge in [0.05, 0.1) is 19.3 Å². The average molecular weight is 478 g/mol. The first-order valence-electron chi connectivity index (χ1n) is 14.5. The number of allylic oxidation sites excluding steroid dienone is 6. The predicted octanol–water partition coefficient (Wildman–Crippen LogP) is 8.90. The van der Waals surface area contributed by atoms with Gasteiger partial charge < -0.3 is 14.4 Å². The van der Waals surface area contributed by atoms with Gasteiger partial charge in [-0.2, -0.15) is 0 Å². The third-order valence-corrected chi connectivity index (χ3v) is 6.17. The highest BCUT2D eigenvalue weighted by atomic mass is 16.5. The number of ether oxygens (including phenoxy) is 2. The molecule has 200 valence electrons. The summed E-state index contributed by atoms with van der Waals surface area (Å²) in [6.07, 6.45) is 33.8. The van der Waals surface area contributed by atoms with Crippen LogP contribution in [-0.4, -0.2) is 51.5 Å². The predicted molar refractivity (Wildman–Crippen MR) is 152 cm³/mol. The molecule has 0 aromatic heterocycles. The van der Waals surface area contributed by atoms with Gasteiger partial charge in [0.25, 0.3) is 0 Å². The first-order chi connectivity index (χ1) is 16.7. The second kappa shape index (κ2) is 28.3. The van der Waals surface area contributed by atoms with Crippen LogP contribution in [0.15, 0.2) is 36.5 Å². The topological polar surface area (TPSA) is 21.7 Å². The fourth-order valence-electron chi connectivity index (χ4n) is 3.70. The number of hydrogen-bond acceptors (Lipinski definition) is 3. The molecule has 0 spiro atoms. The highest BCUT2D eigenvalue weighted by molar-refractivity contribution is 4.97. The van der Waals surface area contributed by atoms with E-state index in [1.165, 1.54) is 83.5 Å².